The Morgan fingerprint density at radius 1 is 1.48 bits per heavy atom. The second kappa shape index (κ2) is 6.64. The quantitative estimate of drug-likeness (QED) is 0.882. The summed E-state index contributed by atoms with van der Waals surface area (Å²) in [6.07, 6.45) is 1.79. The fraction of sp³-hybridized carbons (Fsp3) is 0.500. The number of anilines is 1. The van der Waals surface area contributed by atoms with E-state index in [-0.39, 0.29) is 6.10 Å². The topological polar surface area (TPSA) is 76.3 Å². The van der Waals surface area contributed by atoms with Gasteiger partial charge < -0.3 is 14.6 Å². The minimum absolute atomic E-state index is 0.133. The molecular weight excluding hydrogens is 270 g/mol. The summed E-state index contributed by atoms with van der Waals surface area (Å²) >= 11 is 0. The van der Waals surface area contributed by atoms with Crippen LogP contribution in [0.4, 0.5) is 5.82 Å². The van der Waals surface area contributed by atoms with Crippen molar-refractivity contribution in [2.24, 2.45) is 0 Å². The lowest BCUT2D eigenvalue weighted by atomic mass is 10.2. The van der Waals surface area contributed by atoms with Gasteiger partial charge in [-0.15, -0.1) is 5.10 Å². The Hall–Kier alpha value is -1.99. The highest BCUT2D eigenvalue weighted by molar-refractivity contribution is 5.31. The largest absolute Gasteiger partial charge is 0.374 e. The van der Waals surface area contributed by atoms with Crippen LogP contribution in [-0.4, -0.2) is 52.6 Å². The lowest BCUT2D eigenvalue weighted by Crippen LogP contribution is -2.44. The summed E-state index contributed by atoms with van der Waals surface area (Å²) in [5, 5.41) is 15.1. The molecule has 1 atom stereocenters. The summed E-state index contributed by atoms with van der Waals surface area (Å²) in [5.41, 5.74) is 0.968. The molecule has 21 heavy (non-hydrogen) atoms. The number of aromatic nitrogens is 3. The molecule has 1 aliphatic rings. The standard InChI is InChI=1S/C14H19N5O2/c1-11-7-12(18-21-11)9-19-5-6-20-13(10-19)8-15-14-3-2-4-16-17-14/h2-4,7,13H,5-6,8-10H2,1H3,(H,15,17). The lowest BCUT2D eigenvalue weighted by molar-refractivity contribution is -0.0246. The second-order valence-electron chi connectivity index (χ2n) is 5.15. The molecule has 1 fully saturated rings. The van der Waals surface area contributed by atoms with Gasteiger partial charge in [-0.25, -0.2) is 0 Å². The third-order valence-electron chi connectivity index (χ3n) is 3.37. The zero-order valence-corrected chi connectivity index (χ0v) is 12.0. The molecule has 0 bridgehead atoms. The van der Waals surface area contributed by atoms with Gasteiger partial charge in [0, 0.05) is 38.4 Å². The van der Waals surface area contributed by atoms with Crippen LogP contribution in [0, 0.1) is 6.92 Å². The Morgan fingerprint density at radius 3 is 3.19 bits per heavy atom. The highest BCUT2D eigenvalue weighted by atomic mass is 16.5. The predicted octanol–water partition coefficient (Wildman–Crippen LogP) is 1.09. The van der Waals surface area contributed by atoms with E-state index in [4.69, 9.17) is 9.26 Å². The van der Waals surface area contributed by atoms with Crippen LogP contribution in [0.2, 0.25) is 0 Å². The summed E-state index contributed by atoms with van der Waals surface area (Å²) in [6.45, 7) is 5.91. The molecule has 1 saturated heterocycles. The Balaban J connectivity index is 1.49. The van der Waals surface area contributed by atoms with Gasteiger partial charge in [0.25, 0.3) is 0 Å². The van der Waals surface area contributed by atoms with Crippen molar-refractivity contribution < 1.29 is 9.26 Å². The number of hydrogen-bond acceptors (Lipinski definition) is 7. The second-order valence-corrected chi connectivity index (χ2v) is 5.15. The normalized spacial score (nSPS) is 19.6. The third-order valence-corrected chi connectivity index (χ3v) is 3.37. The first-order chi connectivity index (χ1) is 10.3. The number of aryl methyl sites for hydroxylation is 1. The van der Waals surface area contributed by atoms with Crippen LogP contribution in [0.25, 0.3) is 0 Å². The Bertz CT molecular complexity index is 560. The maximum atomic E-state index is 5.78. The van der Waals surface area contributed by atoms with E-state index in [1.807, 2.05) is 25.1 Å². The molecule has 0 radical (unpaired) electrons. The number of hydrogen-bond donors (Lipinski definition) is 1. The van der Waals surface area contributed by atoms with Gasteiger partial charge in [0.15, 0.2) is 0 Å². The Kier molecular flexibility index (Phi) is 4.42. The smallest absolute Gasteiger partial charge is 0.148 e. The van der Waals surface area contributed by atoms with Crippen molar-refractivity contribution in [2.45, 2.75) is 19.6 Å². The minimum Gasteiger partial charge on any atom is -0.374 e. The van der Waals surface area contributed by atoms with Crippen molar-refractivity contribution in [1.82, 2.24) is 20.3 Å². The summed E-state index contributed by atoms with van der Waals surface area (Å²) in [5.74, 6) is 1.62. The van der Waals surface area contributed by atoms with Crippen molar-refractivity contribution in [3.8, 4) is 0 Å². The van der Waals surface area contributed by atoms with Crippen molar-refractivity contribution in [2.75, 3.05) is 31.6 Å². The molecule has 7 nitrogen and oxygen atoms in total. The first-order valence-electron chi connectivity index (χ1n) is 7.07. The molecule has 0 aromatic carbocycles. The number of nitrogens with zero attached hydrogens (tertiary/aromatic N) is 4. The van der Waals surface area contributed by atoms with E-state index in [9.17, 15) is 0 Å². The number of rotatable bonds is 5. The molecule has 0 spiro atoms. The van der Waals surface area contributed by atoms with E-state index in [1.54, 1.807) is 6.20 Å². The van der Waals surface area contributed by atoms with Crippen LogP contribution in [-0.2, 0) is 11.3 Å². The predicted molar refractivity (Wildman–Crippen MR) is 76.8 cm³/mol. The fourth-order valence-corrected chi connectivity index (χ4v) is 2.38. The maximum absolute atomic E-state index is 5.78. The molecule has 1 aliphatic heterocycles. The SMILES string of the molecule is Cc1cc(CN2CCOC(CNc3cccnn3)C2)no1. The number of nitrogens with one attached hydrogen (secondary N) is 1. The van der Waals surface area contributed by atoms with Crippen LogP contribution in [0.15, 0.2) is 28.9 Å². The molecule has 2 aromatic heterocycles. The van der Waals surface area contributed by atoms with E-state index >= 15 is 0 Å². The summed E-state index contributed by atoms with van der Waals surface area (Å²) < 4.78 is 10.9. The van der Waals surface area contributed by atoms with Crippen molar-refractivity contribution in [3.05, 3.63) is 35.9 Å². The summed E-state index contributed by atoms with van der Waals surface area (Å²) in [6, 6.07) is 5.73. The van der Waals surface area contributed by atoms with E-state index in [0.717, 1.165) is 43.5 Å². The maximum Gasteiger partial charge on any atom is 0.148 e. The van der Waals surface area contributed by atoms with Crippen molar-refractivity contribution in [3.63, 3.8) is 0 Å². The van der Waals surface area contributed by atoms with Gasteiger partial charge in [0.05, 0.1) is 18.4 Å². The molecule has 0 saturated carbocycles. The molecule has 1 N–H and O–H groups in total. The average Bonchev–Trinajstić information content (AvgIpc) is 2.92. The first kappa shape index (κ1) is 14.0. The van der Waals surface area contributed by atoms with Crippen LogP contribution < -0.4 is 5.32 Å². The molecule has 3 heterocycles. The highest BCUT2D eigenvalue weighted by Crippen LogP contribution is 2.11. The van der Waals surface area contributed by atoms with Gasteiger partial charge in [-0.05, 0) is 19.1 Å². The molecule has 112 valence electrons. The van der Waals surface area contributed by atoms with E-state index < -0.39 is 0 Å². The summed E-state index contributed by atoms with van der Waals surface area (Å²) in [7, 11) is 0. The van der Waals surface area contributed by atoms with Gasteiger partial charge >= 0.3 is 0 Å². The van der Waals surface area contributed by atoms with Gasteiger partial charge in [0.1, 0.15) is 11.6 Å². The monoisotopic (exact) mass is 289 g/mol. The molecule has 7 heteroatoms. The molecule has 0 amide bonds. The molecule has 0 aliphatic carbocycles. The zero-order chi connectivity index (χ0) is 14.5. The van der Waals surface area contributed by atoms with Gasteiger partial charge in [0.2, 0.25) is 0 Å². The molecule has 3 rings (SSSR count). The minimum atomic E-state index is 0.133. The summed E-state index contributed by atoms with van der Waals surface area (Å²) in [4.78, 5) is 2.32. The Labute approximate surface area is 123 Å². The van der Waals surface area contributed by atoms with Crippen LogP contribution in [0.5, 0.6) is 0 Å². The van der Waals surface area contributed by atoms with Gasteiger partial charge in [-0.1, -0.05) is 5.16 Å². The molecular formula is C14H19N5O2. The third kappa shape index (κ3) is 3.99. The zero-order valence-electron chi connectivity index (χ0n) is 12.0. The lowest BCUT2D eigenvalue weighted by Gasteiger charge is -2.32. The van der Waals surface area contributed by atoms with Crippen LogP contribution in [0.3, 0.4) is 0 Å². The highest BCUT2D eigenvalue weighted by Gasteiger charge is 2.21. The molecule has 2 aromatic rings. The van der Waals surface area contributed by atoms with E-state index in [0.29, 0.717) is 6.54 Å². The molecule has 1 unspecified atom stereocenters. The van der Waals surface area contributed by atoms with Crippen LogP contribution >= 0.6 is 0 Å². The number of morpholine rings is 1. The number of ether oxygens (including phenoxy) is 1. The van der Waals surface area contributed by atoms with E-state index in [2.05, 4.69) is 25.6 Å². The van der Waals surface area contributed by atoms with Gasteiger partial charge in [-0.2, -0.15) is 5.10 Å². The van der Waals surface area contributed by atoms with Gasteiger partial charge in [-0.3, -0.25) is 4.90 Å². The average molecular weight is 289 g/mol. The van der Waals surface area contributed by atoms with E-state index in [1.165, 1.54) is 0 Å². The Morgan fingerprint density at radius 2 is 2.43 bits per heavy atom. The van der Waals surface area contributed by atoms with Crippen LogP contribution in [0.1, 0.15) is 11.5 Å². The first-order valence-corrected chi connectivity index (χ1v) is 7.07. The fourth-order valence-electron chi connectivity index (χ4n) is 2.38. The van der Waals surface area contributed by atoms with Crippen molar-refractivity contribution >= 4 is 5.82 Å². The van der Waals surface area contributed by atoms with Crippen molar-refractivity contribution in [1.29, 1.82) is 0 Å².